The zero-order chi connectivity index (χ0) is 16.8. The Labute approximate surface area is 142 Å². The number of carbonyl (C=O) groups is 1. The largest absolute Gasteiger partial charge is 0.487 e. The molecule has 2 aromatic carbocycles. The lowest BCUT2D eigenvalue weighted by Crippen LogP contribution is -2.34. The molecule has 0 aliphatic carbocycles. The lowest BCUT2D eigenvalue weighted by molar-refractivity contribution is 0.111. The van der Waals surface area contributed by atoms with Gasteiger partial charge in [0.25, 0.3) is 0 Å². The molecule has 5 heteroatoms. The highest BCUT2D eigenvalue weighted by atomic mass is 16.5. The number of hydrogen-bond acceptors (Lipinski definition) is 3. The normalized spacial score (nSPS) is 16.9. The molecule has 0 radical (unpaired) electrons. The molecule has 24 heavy (non-hydrogen) atoms. The van der Waals surface area contributed by atoms with E-state index in [0.717, 1.165) is 12.0 Å². The van der Waals surface area contributed by atoms with Gasteiger partial charge in [-0.2, -0.15) is 0 Å². The highest BCUT2D eigenvalue weighted by Gasteiger charge is 2.26. The van der Waals surface area contributed by atoms with E-state index in [2.05, 4.69) is 5.32 Å². The van der Waals surface area contributed by atoms with Gasteiger partial charge >= 0.3 is 6.03 Å². The molecule has 2 amide bonds. The number of nitrogens with one attached hydrogen (secondary N) is 1. The standard InChI is InChI=1S/C19H22N2O3/c1-23-16-11-12-21(13-16)19(22)20-17-9-5-6-10-18(17)24-14-15-7-3-2-4-8-15/h2-10,16H,11-14H2,1H3,(H,20,22)/t16-/m1/s1. The van der Waals surface area contributed by atoms with Crippen molar-refractivity contribution >= 4 is 11.7 Å². The summed E-state index contributed by atoms with van der Waals surface area (Å²) in [5.41, 5.74) is 1.76. The second-order valence-corrected chi connectivity index (χ2v) is 5.79. The molecule has 0 spiro atoms. The van der Waals surface area contributed by atoms with E-state index in [-0.39, 0.29) is 12.1 Å². The first-order chi connectivity index (χ1) is 11.8. The summed E-state index contributed by atoms with van der Waals surface area (Å²) in [6.07, 6.45) is 0.996. The summed E-state index contributed by atoms with van der Waals surface area (Å²) in [6, 6.07) is 17.3. The zero-order valence-corrected chi connectivity index (χ0v) is 13.8. The van der Waals surface area contributed by atoms with E-state index in [0.29, 0.717) is 31.1 Å². The molecule has 1 heterocycles. The van der Waals surface area contributed by atoms with Crippen LogP contribution in [-0.2, 0) is 11.3 Å². The number of likely N-dealkylation sites (tertiary alicyclic amines) is 1. The quantitative estimate of drug-likeness (QED) is 0.914. The smallest absolute Gasteiger partial charge is 0.322 e. The number of urea groups is 1. The second-order valence-electron chi connectivity index (χ2n) is 5.79. The molecule has 0 saturated carbocycles. The summed E-state index contributed by atoms with van der Waals surface area (Å²) in [5.74, 6) is 0.664. The van der Waals surface area contributed by atoms with Crippen molar-refractivity contribution in [3.63, 3.8) is 0 Å². The zero-order valence-electron chi connectivity index (χ0n) is 13.8. The topological polar surface area (TPSA) is 50.8 Å². The Bertz CT molecular complexity index is 675. The molecule has 1 atom stereocenters. The van der Waals surface area contributed by atoms with Crippen molar-refractivity contribution in [1.29, 1.82) is 0 Å². The van der Waals surface area contributed by atoms with Crippen LogP contribution in [0.2, 0.25) is 0 Å². The van der Waals surface area contributed by atoms with Gasteiger partial charge in [0.2, 0.25) is 0 Å². The van der Waals surface area contributed by atoms with Gasteiger partial charge in [0.1, 0.15) is 12.4 Å². The Balaban J connectivity index is 1.62. The first-order valence-electron chi connectivity index (χ1n) is 8.11. The Kier molecular flexibility index (Phi) is 5.33. The van der Waals surface area contributed by atoms with Crippen LogP contribution in [0.1, 0.15) is 12.0 Å². The average Bonchev–Trinajstić information content (AvgIpc) is 3.11. The van der Waals surface area contributed by atoms with Crippen molar-refractivity contribution < 1.29 is 14.3 Å². The van der Waals surface area contributed by atoms with Gasteiger partial charge < -0.3 is 19.7 Å². The van der Waals surface area contributed by atoms with Crippen molar-refractivity contribution in [2.75, 3.05) is 25.5 Å². The number of anilines is 1. The van der Waals surface area contributed by atoms with Crippen LogP contribution in [0, 0.1) is 0 Å². The molecule has 1 aliphatic rings. The van der Waals surface area contributed by atoms with Crippen LogP contribution in [0.5, 0.6) is 5.75 Å². The molecule has 0 aromatic heterocycles. The van der Waals surface area contributed by atoms with Gasteiger partial charge in [-0.15, -0.1) is 0 Å². The van der Waals surface area contributed by atoms with E-state index < -0.39 is 0 Å². The molecule has 1 fully saturated rings. The highest BCUT2D eigenvalue weighted by molar-refractivity contribution is 5.91. The van der Waals surface area contributed by atoms with Crippen molar-refractivity contribution in [1.82, 2.24) is 4.90 Å². The number of para-hydroxylation sites is 2. The monoisotopic (exact) mass is 326 g/mol. The van der Waals surface area contributed by atoms with E-state index in [1.807, 2.05) is 54.6 Å². The number of rotatable bonds is 5. The van der Waals surface area contributed by atoms with Gasteiger partial charge in [0.05, 0.1) is 11.8 Å². The van der Waals surface area contributed by atoms with Crippen molar-refractivity contribution in [3.8, 4) is 5.75 Å². The summed E-state index contributed by atoms with van der Waals surface area (Å²) in [4.78, 5) is 14.2. The molecular weight excluding hydrogens is 304 g/mol. The van der Waals surface area contributed by atoms with Gasteiger partial charge in [-0.05, 0) is 24.1 Å². The molecule has 3 rings (SSSR count). The number of carbonyl (C=O) groups excluding carboxylic acids is 1. The highest BCUT2D eigenvalue weighted by Crippen LogP contribution is 2.25. The van der Waals surface area contributed by atoms with Crippen LogP contribution in [0.4, 0.5) is 10.5 Å². The summed E-state index contributed by atoms with van der Waals surface area (Å²) in [5, 5.41) is 2.94. The number of hydrogen-bond donors (Lipinski definition) is 1. The SMILES string of the molecule is CO[C@@H]1CCN(C(=O)Nc2ccccc2OCc2ccccc2)C1. The molecule has 126 valence electrons. The Morgan fingerprint density at radius 1 is 1.17 bits per heavy atom. The fraction of sp³-hybridized carbons (Fsp3) is 0.316. The summed E-state index contributed by atoms with van der Waals surface area (Å²) >= 11 is 0. The number of benzene rings is 2. The number of methoxy groups -OCH3 is 1. The van der Waals surface area contributed by atoms with Crippen LogP contribution in [0.3, 0.4) is 0 Å². The summed E-state index contributed by atoms with van der Waals surface area (Å²) in [6.45, 7) is 1.79. The molecule has 1 N–H and O–H groups in total. The third kappa shape index (κ3) is 4.06. The molecule has 1 saturated heterocycles. The molecular formula is C19H22N2O3. The van der Waals surface area contributed by atoms with Gasteiger partial charge in [-0.3, -0.25) is 0 Å². The Morgan fingerprint density at radius 3 is 2.67 bits per heavy atom. The van der Waals surface area contributed by atoms with Gasteiger partial charge in [0, 0.05) is 20.2 Å². The minimum atomic E-state index is -0.120. The lowest BCUT2D eigenvalue weighted by atomic mass is 10.2. The van der Waals surface area contributed by atoms with Crippen LogP contribution in [0.25, 0.3) is 0 Å². The first kappa shape index (κ1) is 16.3. The Morgan fingerprint density at radius 2 is 1.92 bits per heavy atom. The molecule has 1 aliphatic heterocycles. The number of nitrogens with zero attached hydrogens (tertiary/aromatic N) is 1. The van der Waals surface area contributed by atoms with Crippen LogP contribution in [0.15, 0.2) is 54.6 Å². The molecule has 5 nitrogen and oxygen atoms in total. The van der Waals surface area contributed by atoms with Crippen molar-refractivity contribution in [2.24, 2.45) is 0 Å². The third-order valence-electron chi connectivity index (χ3n) is 4.13. The van der Waals surface area contributed by atoms with E-state index in [1.165, 1.54) is 0 Å². The van der Waals surface area contributed by atoms with Gasteiger partial charge in [0.15, 0.2) is 0 Å². The Hall–Kier alpha value is -2.53. The first-order valence-corrected chi connectivity index (χ1v) is 8.11. The molecule has 0 unspecified atom stereocenters. The number of amides is 2. The average molecular weight is 326 g/mol. The molecule has 2 aromatic rings. The van der Waals surface area contributed by atoms with Crippen molar-refractivity contribution in [2.45, 2.75) is 19.1 Å². The lowest BCUT2D eigenvalue weighted by Gasteiger charge is -2.18. The van der Waals surface area contributed by atoms with Crippen LogP contribution < -0.4 is 10.1 Å². The predicted octanol–water partition coefficient (Wildman–Crippen LogP) is 3.52. The van der Waals surface area contributed by atoms with Crippen LogP contribution in [-0.4, -0.2) is 37.2 Å². The maximum absolute atomic E-state index is 12.4. The van der Waals surface area contributed by atoms with E-state index in [9.17, 15) is 4.79 Å². The maximum Gasteiger partial charge on any atom is 0.322 e. The van der Waals surface area contributed by atoms with Crippen molar-refractivity contribution in [3.05, 3.63) is 60.2 Å². The molecule has 0 bridgehead atoms. The van der Waals surface area contributed by atoms with E-state index >= 15 is 0 Å². The van der Waals surface area contributed by atoms with Crippen LogP contribution >= 0.6 is 0 Å². The second kappa shape index (κ2) is 7.84. The maximum atomic E-state index is 12.4. The van der Waals surface area contributed by atoms with Gasteiger partial charge in [-0.1, -0.05) is 42.5 Å². The fourth-order valence-electron chi connectivity index (χ4n) is 2.73. The third-order valence-corrected chi connectivity index (χ3v) is 4.13. The fourth-order valence-corrected chi connectivity index (χ4v) is 2.73. The van der Waals surface area contributed by atoms with E-state index in [1.54, 1.807) is 12.0 Å². The predicted molar refractivity (Wildman–Crippen MR) is 93.2 cm³/mol. The summed E-state index contributed by atoms with van der Waals surface area (Å²) in [7, 11) is 1.68. The van der Waals surface area contributed by atoms with Gasteiger partial charge in [-0.25, -0.2) is 4.79 Å². The minimum Gasteiger partial charge on any atom is -0.487 e. The van der Waals surface area contributed by atoms with E-state index in [4.69, 9.17) is 9.47 Å². The summed E-state index contributed by atoms with van der Waals surface area (Å²) < 4.78 is 11.2. The minimum absolute atomic E-state index is 0.120. The number of ether oxygens (including phenoxy) is 2.